The Bertz CT molecular complexity index is 835. The molecule has 1 N–H and O–H groups in total. The molecule has 0 aromatic heterocycles. The normalized spacial score (nSPS) is 14.8. The van der Waals surface area contributed by atoms with Gasteiger partial charge in [0.15, 0.2) is 6.61 Å². The molecule has 0 unspecified atom stereocenters. The molecule has 1 saturated carbocycles. The number of amides is 1. The lowest BCUT2D eigenvalue weighted by Crippen LogP contribution is -2.46. The number of benzene rings is 2. The first-order chi connectivity index (χ1) is 13.1. The highest BCUT2D eigenvalue weighted by Crippen LogP contribution is 2.28. The number of hydrogen-bond donors (Lipinski definition) is 1. The van der Waals surface area contributed by atoms with Crippen LogP contribution in [0.25, 0.3) is 0 Å². The van der Waals surface area contributed by atoms with Gasteiger partial charge in [-0.25, -0.2) is 4.79 Å². The van der Waals surface area contributed by atoms with Crippen LogP contribution in [0.4, 0.5) is 0 Å². The molecule has 1 amide bonds. The zero-order valence-corrected chi connectivity index (χ0v) is 14.8. The predicted molar refractivity (Wildman–Crippen MR) is 98.2 cm³/mol. The van der Waals surface area contributed by atoms with Gasteiger partial charge in [0.25, 0.3) is 5.91 Å². The van der Waals surface area contributed by atoms with Crippen LogP contribution in [0.5, 0.6) is 11.5 Å². The summed E-state index contributed by atoms with van der Waals surface area (Å²) in [6.07, 6.45) is 3.08. The van der Waals surface area contributed by atoms with Gasteiger partial charge in [-0.15, -0.1) is 0 Å². The summed E-state index contributed by atoms with van der Waals surface area (Å²) in [4.78, 5) is 24.1. The first-order valence-corrected chi connectivity index (χ1v) is 8.83. The SMILES string of the molecule is N#CC1(NC(=O)COC(=O)c2ccc(Oc3ccccc3)cc2)CCCC1. The average molecular weight is 364 g/mol. The molecule has 138 valence electrons. The van der Waals surface area contributed by atoms with Gasteiger partial charge in [0.1, 0.15) is 17.0 Å². The predicted octanol–water partition coefficient (Wildman–Crippen LogP) is 3.59. The summed E-state index contributed by atoms with van der Waals surface area (Å²) >= 11 is 0. The van der Waals surface area contributed by atoms with Crippen LogP contribution in [0.3, 0.4) is 0 Å². The minimum Gasteiger partial charge on any atom is -0.457 e. The molecule has 1 aliphatic carbocycles. The van der Waals surface area contributed by atoms with Crippen LogP contribution in [0, 0.1) is 11.3 Å². The summed E-state index contributed by atoms with van der Waals surface area (Å²) in [5.41, 5.74) is -0.501. The second kappa shape index (κ2) is 8.37. The van der Waals surface area contributed by atoms with E-state index in [-0.39, 0.29) is 0 Å². The largest absolute Gasteiger partial charge is 0.457 e. The molecule has 1 fully saturated rings. The summed E-state index contributed by atoms with van der Waals surface area (Å²) < 4.78 is 10.7. The van der Waals surface area contributed by atoms with Crippen LogP contribution < -0.4 is 10.1 Å². The van der Waals surface area contributed by atoms with E-state index in [1.807, 2.05) is 30.3 Å². The van der Waals surface area contributed by atoms with Crippen molar-refractivity contribution in [1.29, 1.82) is 5.26 Å². The molecule has 0 heterocycles. The monoisotopic (exact) mass is 364 g/mol. The van der Waals surface area contributed by atoms with Gasteiger partial charge >= 0.3 is 5.97 Å². The van der Waals surface area contributed by atoms with Crippen molar-refractivity contribution >= 4 is 11.9 Å². The number of carbonyl (C=O) groups is 2. The molecule has 1 aliphatic rings. The van der Waals surface area contributed by atoms with Crippen molar-refractivity contribution in [2.45, 2.75) is 31.2 Å². The van der Waals surface area contributed by atoms with Crippen LogP contribution in [-0.2, 0) is 9.53 Å². The van der Waals surface area contributed by atoms with Crippen molar-refractivity contribution in [3.8, 4) is 17.6 Å². The first kappa shape index (κ1) is 18.5. The second-order valence-electron chi connectivity index (χ2n) is 6.46. The lowest BCUT2D eigenvalue weighted by Gasteiger charge is -2.21. The van der Waals surface area contributed by atoms with Gasteiger partial charge in [0.2, 0.25) is 0 Å². The van der Waals surface area contributed by atoms with Crippen molar-refractivity contribution in [3.63, 3.8) is 0 Å². The molecule has 0 spiro atoms. The van der Waals surface area contributed by atoms with Gasteiger partial charge < -0.3 is 14.8 Å². The van der Waals surface area contributed by atoms with E-state index in [0.717, 1.165) is 12.8 Å². The van der Waals surface area contributed by atoms with E-state index >= 15 is 0 Å². The molecule has 3 rings (SSSR count). The Hall–Kier alpha value is -3.33. The lowest BCUT2D eigenvalue weighted by molar-refractivity contribution is -0.125. The maximum Gasteiger partial charge on any atom is 0.338 e. The molecule has 0 atom stereocenters. The van der Waals surface area contributed by atoms with Crippen molar-refractivity contribution in [1.82, 2.24) is 5.32 Å². The molecular formula is C21H20N2O4. The first-order valence-electron chi connectivity index (χ1n) is 8.83. The third kappa shape index (κ3) is 4.85. The number of nitriles is 1. The van der Waals surface area contributed by atoms with E-state index in [4.69, 9.17) is 9.47 Å². The van der Waals surface area contributed by atoms with Gasteiger partial charge in [-0.1, -0.05) is 18.2 Å². The Morgan fingerprint density at radius 1 is 1.00 bits per heavy atom. The van der Waals surface area contributed by atoms with Gasteiger partial charge in [-0.2, -0.15) is 5.26 Å². The molecule has 0 radical (unpaired) electrons. The molecule has 2 aromatic carbocycles. The van der Waals surface area contributed by atoms with Crippen molar-refractivity contribution < 1.29 is 19.1 Å². The number of esters is 1. The molecule has 2 aromatic rings. The number of hydrogen-bond acceptors (Lipinski definition) is 5. The van der Waals surface area contributed by atoms with Crippen LogP contribution >= 0.6 is 0 Å². The Kier molecular flexibility index (Phi) is 5.72. The van der Waals surface area contributed by atoms with Crippen molar-refractivity contribution in [3.05, 3.63) is 60.2 Å². The summed E-state index contributed by atoms with van der Waals surface area (Å²) in [7, 11) is 0. The maximum atomic E-state index is 12.1. The van der Waals surface area contributed by atoms with E-state index in [0.29, 0.717) is 29.9 Å². The smallest absolute Gasteiger partial charge is 0.338 e. The molecule has 27 heavy (non-hydrogen) atoms. The molecule has 0 saturated heterocycles. The topological polar surface area (TPSA) is 88.4 Å². The summed E-state index contributed by atoms with van der Waals surface area (Å²) in [5, 5.41) is 12.0. The number of para-hydroxylation sites is 1. The van der Waals surface area contributed by atoms with Gasteiger partial charge in [-0.3, -0.25) is 4.79 Å². The Labute approximate surface area is 157 Å². The number of ether oxygens (including phenoxy) is 2. The van der Waals surface area contributed by atoms with Gasteiger partial charge in [0, 0.05) is 0 Å². The highest BCUT2D eigenvalue weighted by atomic mass is 16.5. The summed E-state index contributed by atoms with van der Waals surface area (Å²) in [5.74, 6) is 0.222. The van der Waals surface area contributed by atoms with Gasteiger partial charge in [0.05, 0.1) is 11.6 Å². The third-order valence-corrected chi connectivity index (χ3v) is 4.45. The molecule has 0 bridgehead atoms. The Morgan fingerprint density at radius 2 is 1.63 bits per heavy atom. The minimum atomic E-state index is -0.820. The highest BCUT2D eigenvalue weighted by Gasteiger charge is 2.35. The fourth-order valence-corrected chi connectivity index (χ4v) is 3.04. The standard InChI is InChI=1S/C21H20N2O4/c22-15-21(12-4-5-13-21)23-19(24)14-26-20(25)16-8-10-18(11-9-16)27-17-6-2-1-3-7-17/h1-3,6-11H,4-5,12-14H2,(H,23,24). The van der Waals surface area contributed by atoms with E-state index in [1.54, 1.807) is 24.3 Å². The highest BCUT2D eigenvalue weighted by molar-refractivity contribution is 5.91. The fourth-order valence-electron chi connectivity index (χ4n) is 3.04. The van der Waals surface area contributed by atoms with Crippen LogP contribution in [0.1, 0.15) is 36.0 Å². The summed E-state index contributed by atoms with van der Waals surface area (Å²) in [6, 6.07) is 17.9. The quantitative estimate of drug-likeness (QED) is 0.792. The second-order valence-corrected chi connectivity index (χ2v) is 6.46. The van der Waals surface area contributed by atoms with Crippen molar-refractivity contribution in [2.24, 2.45) is 0 Å². The molecule has 6 nitrogen and oxygen atoms in total. The fraction of sp³-hybridized carbons (Fsp3) is 0.286. The maximum absolute atomic E-state index is 12.1. The third-order valence-electron chi connectivity index (χ3n) is 4.45. The molecular weight excluding hydrogens is 344 g/mol. The summed E-state index contributed by atoms with van der Waals surface area (Å²) in [6.45, 7) is -0.412. The molecule has 6 heteroatoms. The van der Waals surface area contributed by atoms with Crippen LogP contribution in [-0.4, -0.2) is 24.0 Å². The lowest BCUT2D eigenvalue weighted by atomic mass is 10.00. The van der Waals surface area contributed by atoms with E-state index < -0.39 is 24.0 Å². The number of rotatable bonds is 6. The van der Waals surface area contributed by atoms with E-state index in [1.165, 1.54) is 0 Å². The van der Waals surface area contributed by atoms with Crippen LogP contribution in [0.15, 0.2) is 54.6 Å². The van der Waals surface area contributed by atoms with Crippen molar-refractivity contribution in [2.75, 3.05) is 6.61 Å². The number of carbonyl (C=O) groups excluding carboxylic acids is 2. The average Bonchev–Trinajstić information content (AvgIpc) is 3.16. The van der Waals surface area contributed by atoms with E-state index in [2.05, 4.69) is 11.4 Å². The number of nitrogens with one attached hydrogen (secondary N) is 1. The zero-order chi connectivity index (χ0) is 19.1. The van der Waals surface area contributed by atoms with E-state index in [9.17, 15) is 14.9 Å². The van der Waals surface area contributed by atoms with Gasteiger partial charge in [-0.05, 0) is 62.1 Å². The zero-order valence-electron chi connectivity index (χ0n) is 14.8. The number of nitrogens with zero attached hydrogens (tertiary/aromatic N) is 1. The minimum absolute atomic E-state index is 0.319. The Balaban J connectivity index is 1.50. The van der Waals surface area contributed by atoms with Crippen LogP contribution in [0.2, 0.25) is 0 Å². The molecule has 0 aliphatic heterocycles. The Morgan fingerprint density at radius 3 is 2.26 bits per heavy atom.